The van der Waals surface area contributed by atoms with Gasteiger partial charge in [-0.15, -0.1) is 0 Å². The van der Waals surface area contributed by atoms with E-state index in [-0.39, 0.29) is 17.7 Å². The van der Waals surface area contributed by atoms with Gasteiger partial charge in [0.1, 0.15) is 12.4 Å². The molecular weight excluding hydrogens is 656 g/mol. The Bertz CT molecular complexity index is 1900. The molecule has 8 nitrogen and oxygen atoms in total. The fourth-order valence-electron chi connectivity index (χ4n) is 4.81. The van der Waals surface area contributed by atoms with E-state index in [2.05, 4.69) is 20.9 Å². The lowest BCUT2D eigenvalue weighted by atomic mass is 9.95. The molecule has 3 aromatic carbocycles. The molecule has 5 rings (SSSR count). The van der Waals surface area contributed by atoms with Crippen LogP contribution in [0, 0.1) is 0 Å². The second-order valence-electron chi connectivity index (χ2n) is 9.49. The molecule has 0 radical (unpaired) electrons. The third kappa shape index (κ3) is 6.27. The minimum absolute atomic E-state index is 0.167. The van der Waals surface area contributed by atoms with Gasteiger partial charge in [-0.3, -0.25) is 9.36 Å². The van der Waals surface area contributed by atoms with Gasteiger partial charge in [0, 0.05) is 15.1 Å². The lowest BCUT2D eigenvalue weighted by molar-refractivity contribution is -0.139. The number of methoxy groups -OCH3 is 2. The molecule has 11 heteroatoms. The van der Waals surface area contributed by atoms with Crippen molar-refractivity contribution in [1.29, 1.82) is 0 Å². The summed E-state index contributed by atoms with van der Waals surface area (Å²) in [6, 6.07) is 17.7. The van der Waals surface area contributed by atoms with E-state index >= 15 is 0 Å². The Balaban J connectivity index is 1.68. The number of halogens is 2. The quantitative estimate of drug-likeness (QED) is 0.207. The third-order valence-electron chi connectivity index (χ3n) is 6.81. The van der Waals surface area contributed by atoms with Gasteiger partial charge in [0.05, 0.1) is 42.7 Å². The molecule has 0 spiro atoms. The second-order valence-corrected chi connectivity index (χ2v) is 11.8. The van der Waals surface area contributed by atoms with Gasteiger partial charge in [0.15, 0.2) is 16.3 Å². The highest BCUT2D eigenvalue weighted by Gasteiger charge is 2.35. The third-order valence-corrected chi connectivity index (χ3v) is 8.71. The van der Waals surface area contributed by atoms with E-state index in [1.54, 1.807) is 50.3 Å². The van der Waals surface area contributed by atoms with Crippen LogP contribution in [0.3, 0.4) is 0 Å². The van der Waals surface area contributed by atoms with Crippen molar-refractivity contribution in [2.75, 3.05) is 20.8 Å². The van der Waals surface area contributed by atoms with Crippen LogP contribution in [0.15, 0.2) is 86.2 Å². The summed E-state index contributed by atoms with van der Waals surface area (Å²) in [7, 11) is 3.06. The number of carbonyl (C=O) groups excluding carboxylic acids is 1. The summed E-state index contributed by atoms with van der Waals surface area (Å²) in [5.41, 5.74) is 2.62. The first-order chi connectivity index (χ1) is 20.7. The van der Waals surface area contributed by atoms with Crippen molar-refractivity contribution in [2.24, 2.45) is 4.99 Å². The number of hydrogen-bond donors (Lipinski definition) is 0. The van der Waals surface area contributed by atoms with Gasteiger partial charge in [-0.25, -0.2) is 9.79 Å². The molecule has 1 aliphatic heterocycles. The fraction of sp³-hybridized carbons (Fsp3) is 0.219. The van der Waals surface area contributed by atoms with E-state index in [1.807, 2.05) is 30.3 Å². The summed E-state index contributed by atoms with van der Waals surface area (Å²) in [4.78, 5) is 32.6. The average molecular weight is 684 g/mol. The zero-order chi connectivity index (χ0) is 30.7. The highest BCUT2D eigenvalue weighted by molar-refractivity contribution is 9.10. The van der Waals surface area contributed by atoms with E-state index in [0.717, 1.165) is 5.56 Å². The van der Waals surface area contributed by atoms with Crippen molar-refractivity contribution in [3.05, 3.63) is 118 Å². The molecule has 1 aliphatic rings. The Labute approximate surface area is 265 Å². The van der Waals surface area contributed by atoms with Crippen molar-refractivity contribution < 1.29 is 23.7 Å². The molecule has 0 aliphatic carbocycles. The average Bonchev–Trinajstić information content (AvgIpc) is 3.30. The minimum Gasteiger partial charge on any atom is -0.493 e. The molecule has 0 unspecified atom stereocenters. The maximum atomic E-state index is 14.2. The number of thiazole rings is 1. The standard InChI is InChI=1S/C32H28BrClN2O6S/c1-5-41-31(38)28-18(2)35-32-36(29(28)22-15-25(39-3)26(40-4)16-23(22)33)30(37)27(43-32)14-20-13-21(34)11-12-24(20)42-17-19-9-7-6-8-10-19/h6-16,29H,5,17H2,1-4H3/b27-14-/t29-/m0/s1. The summed E-state index contributed by atoms with van der Waals surface area (Å²) in [5, 5.41) is 0.499. The molecule has 4 aromatic rings. The molecular formula is C32H28BrClN2O6S. The summed E-state index contributed by atoms with van der Waals surface area (Å²) >= 11 is 11.2. The highest BCUT2D eigenvalue weighted by Crippen LogP contribution is 2.40. The zero-order valence-corrected chi connectivity index (χ0v) is 27.0. The van der Waals surface area contributed by atoms with Crippen LogP contribution in [0.4, 0.5) is 0 Å². The second kappa shape index (κ2) is 13.2. The molecule has 1 aromatic heterocycles. The first-order valence-electron chi connectivity index (χ1n) is 13.3. The summed E-state index contributed by atoms with van der Waals surface area (Å²) in [6.07, 6.45) is 1.74. The van der Waals surface area contributed by atoms with Crippen molar-refractivity contribution in [2.45, 2.75) is 26.5 Å². The Hall–Kier alpha value is -3.86. The monoisotopic (exact) mass is 682 g/mol. The Morgan fingerprint density at radius 1 is 1.07 bits per heavy atom. The van der Waals surface area contributed by atoms with Crippen LogP contribution < -0.4 is 29.1 Å². The van der Waals surface area contributed by atoms with Crippen LogP contribution in [0.25, 0.3) is 6.08 Å². The van der Waals surface area contributed by atoms with Crippen LogP contribution in [-0.4, -0.2) is 31.4 Å². The number of nitrogens with zero attached hydrogens (tertiary/aromatic N) is 2. The van der Waals surface area contributed by atoms with Crippen molar-refractivity contribution in [3.63, 3.8) is 0 Å². The van der Waals surface area contributed by atoms with E-state index in [1.165, 1.54) is 30.1 Å². The Morgan fingerprint density at radius 2 is 1.79 bits per heavy atom. The molecule has 0 bridgehead atoms. The van der Waals surface area contributed by atoms with Crippen molar-refractivity contribution >= 4 is 50.9 Å². The Morgan fingerprint density at radius 3 is 2.49 bits per heavy atom. The van der Waals surface area contributed by atoms with Gasteiger partial charge in [-0.2, -0.15) is 0 Å². The first-order valence-corrected chi connectivity index (χ1v) is 15.3. The van der Waals surface area contributed by atoms with Gasteiger partial charge < -0.3 is 18.9 Å². The van der Waals surface area contributed by atoms with Crippen LogP contribution in [0.5, 0.6) is 17.2 Å². The normalized spacial score (nSPS) is 14.7. The number of hydrogen-bond acceptors (Lipinski definition) is 8. The molecule has 0 fully saturated rings. The molecule has 0 saturated heterocycles. The predicted octanol–water partition coefficient (Wildman–Crippen LogP) is 5.81. The summed E-state index contributed by atoms with van der Waals surface area (Å²) in [5.74, 6) is 0.950. The lowest BCUT2D eigenvalue weighted by Gasteiger charge is -2.26. The molecule has 0 amide bonds. The molecule has 1 atom stereocenters. The topological polar surface area (TPSA) is 88.4 Å². The number of aromatic nitrogens is 1. The Kier molecular flexibility index (Phi) is 9.39. The van der Waals surface area contributed by atoms with Gasteiger partial charge in [-0.05, 0) is 61.4 Å². The van der Waals surface area contributed by atoms with Gasteiger partial charge in [-0.1, -0.05) is 69.2 Å². The molecule has 0 saturated carbocycles. The van der Waals surface area contributed by atoms with E-state index in [9.17, 15) is 9.59 Å². The molecule has 222 valence electrons. The van der Waals surface area contributed by atoms with Crippen LogP contribution in [-0.2, 0) is 16.1 Å². The lowest BCUT2D eigenvalue weighted by Crippen LogP contribution is -2.40. The van der Waals surface area contributed by atoms with Gasteiger partial charge in [0.2, 0.25) is 0 Å². The number of esters is 1. The summed E-state index contributed by atoms with van der Waals surface area (Å²) in [6.45, 7) is 3.98. The largest absolute Gasteiger partial charge is 0.493 e. The number of fused-ring (bicyclic) bond motifs is 1. The van der Waals surface area contributed by atoms with E-state index < -0.39 is 12.0 Å². The summed E-state index contributed by atoms with van der Waals surface area (Å²) < 4.78 is 25.1. The van der Waals surface area contributed by atoms with Crippen LogP contribution in [0.1, 0.15) is 36.6 Å². The molecule has 0 N–H and O–H groups in total. The number of rotatable bonds is 9. The molecule has 2 heterocycles. The van der Waals surface area contributed by atoms with Crippen molar-refractivity contribution in [1.82, 2.24) is 4.57 Å². The number of ether oxygens (including phenoxy) is 4. The zero-order valence-electron chi connectivity index (χ0n) is 23.9. The highest BCUT2D eigenvalue weighted by atomic mass is 79.9. The maximum absolute atomic E-state index is 14.2. The smallest absolute Gasteiger partial charge is 0.338 e. The van der Waals surface area contributed by atoms with Crippen LogP contribution in [0.2, 0.25) is 5.02 Å². The van der Waals surface area contributed by atoms with Gasteiger partial charge >= 0.3 is 5.97 Å². The fourth-order valence-corrected chi connectivity index (χ4v) is 6.56. The number of benzene rings is 3. The van der Waals surface area contributed by atoms with E-state index in [0.29, 0.717) is 59.5 Å². The van der Waals surface area contributed by atoms with Crippen LogP contribution >= 0.6 is 38.9 Å². The predicted molar refractivity (Wildman–Crippen MR) is 170 cm³/mol. The first kappa shape index (κ1) is 30.6. The van der Waals surface area contributed by atoms with Crippen molar-refractivity contribution in [3.8, 4) is 17.2 Å². The minimum atomic E-state index is -0.847. The number of carbonyl (C=O) groups is 1. The molecule has 43 heavy (non-hydrogen) atoms. The van der Waals surface area contributed by atoms with Gasteiger partial charge in [0.25, 0.3) is 5.56 Å². The SMILES string of the molecule is CCOC(=O)C1=C(C)N=c2s/c(=C\c3cc(Cl)ccc3OCc3ccccc3)c(=O)n2[C@H]1c1cc(OC)c(OC)cc1Br. The maximum Gasteiger partial charge on any atom is 0.338 e. The number of allylic oxidation sites excluding steroid dienone is 1. The van der Waals surface area contributed by atoms with E-state index in [4.69, 9.17) is 30.5 Å².